The largest absolute Gasteiger partial charge is 0.418 e. The second-order valence-electron chi connectivity index (χ2n) is 4.07. The van der Waals surface area contributed by atoms with Crippen LogP contribution in [0.5, 0.6) is 0 Å². The first kappa shape index (κ1) is 13.1. The van der Waals surface area contributed by atoms with Crippen LogP contribution >= 0.6 is 0 Å². The second kappa shape index (κ2) is 5.09. The summed E-state index contributed by atoms with van der Waals surface area (Å²) in [4.78, 5) is 23.5. The van der Waals surface area contributed by atoms with Gasteiger partial charge in [-0.25, -0.2) is 4.79 Å². The molecule has 0 bridgehead atoms. The van der Waals surface area contributed by atoms with Gasteiger partial charge in [0.15, 0.2) is 0 Å². The topological polar surface area (TPSA) is 76.6 Å². The van der Waals surface area contributed by atoms with Crippen LogP contribution in [0.15, 0.2) is 33.5 Å². The van der Waals surface area contributed by atoms with Crippen LogP contribution in [-0.2, 0) is 0 Å². The maximum atomic E-state index is 11.5. The van der Waals surface area contributed by atoms with Gasteiger partial charge >= 0.3 is 11.3 Å². The summed E-state index contributed by atoms with van der Waals surface area (Å²) in [5.41, 5.74) is -0.174. The van der Waals surface area contributed by atoms with E-state index in [1.807, 2.05) is 19.9 Å². The minimum absolute atomic E-state index is 0.361. The maximum absolute atomic E-state index is 11.5. The van der Waals surface area contributed by atoms with Crippen molar-refractivity contribution >= 4 is 22.3 Å². The lowest BCUT2D eigenvalue weighted by Gasteiger charge is -2.20. The standard InChI is InChI=1S/C13H14N2O4/c1-3-14(4-2)10-6-5-9-7-11(15(17)18)13(16)19-12(9)8-10/h5-8H,3-4H2,1-2H3. The molecular weight excluding hydrogens is 248 g/mol. The number of fused-ring (bicyclic) bond motifs is 1. The fraction of sp³-hybridized carbons (Fsp3) is 0.308. The molecule has 19 heavy (non-hydrogen) atoms. The SMILES string of the molecule is CCN(CC)c1ccc2cc([N+](=O)[O-])c(=O)oc2c1. The van der Waals surface area contributed by atoms with Gasteiger partial charge in [-0.3, -0.25) is 10.1 Å². The van der Waals surface area contributed by atoms with Gasteiger partial charge in [0.25, 0.3) is 0 Å². The molecule has 0 fully saturated rings. The minimum atomic E-state index is -0.922. The average molecular weight is 262 g/mol. The highest BCUT2D eigenvalue weighted by Crippen LogP contribution is 2.23. The highest BCUT2D eigenvalue weighted by Gasteiger charge is 2.16. The molecular formula is C13H14N2O4. The third kappa shape index (κ3) is 2.42. The van der Waals surface area contributed by atoms with Crippen LogP contribution < -0.4 is 10.5 Å². The molecule has 2 aromatic rings. The van der Waals surface area contributed by atoms with E-state index in [0.717, 1.165) is 18.8 Å². The Hall–Kier alpha value is -2.37. The van der Waals surface area contributed by atoms with Gasteiger partial charge in [-0.1, -0.05) is 0 Å². The molecule has 1 aromatic heterocycles. The van der Waals surface area contributed by atoms with E-state index in [1.54, 1.807) is 12.1 Å². The molecule has 0 aliphatic rings. The molecule has 6 nitrogen and oxygen atoms in total. The summed E-state index contributed by atoms with van der Waals surface area (Å²) >= 11 is 0. The molecule has 2 rings (SSSR count). The van der Waals surface area contributed by atoms with E-state index < -0.39 is 16.2 Å². The molecule has 0 aliphatic heterocycles. The van der Waals surface area contributed by atoms with E-state index in [1.165, 1.54) is 6.07 Å². The lowest BCUT2D eigenvalue weighted by Crippen LogP contribution is -2.21. The van der Waals surface area contributed by atoms with Crippen molar-refractivity contribution in [2.45, 2.75) is 13.8 Å². The molecule has 0 atom stereocenters. The Bertz CT molecular complexity index is 674. The number of benzene rings is 1. The van der Waals surface area contributed by atoms with Gasteiger partial charge in [0.05, 0.1) is 4.92 Å². The van der Waals surface area contributed by atoms with E-state index in [-0.39, 0.29) is 0 Å². The summed E-state index contributed by atoms with van der Waals surface area (Å²) in [5.74, 6) is 0. The molecule has 0 saturated heterocycles. The average Bonchev–Trinajstić information content (AvgIpc) is 2.38. The van der Waals surface area contributed by atoms with Gasteiger partial charge in [-0.15, -0.1) is 0 Å². The smallest absolute Gasteiger partial charge is 0.415 e. The predicted molar refractivity (Wildman–Crippen MR) is 72.7 cm³/mol. The number of hydrogen-bond acceptors (Lipinski definition) is 5. The number of nitrogens with zero attached hydrogens (tertiary/aromatic N) is 2. The van der Waals surface area contributed by atoms with Gasteiger partial charge in [0.2, 0.25) is 0 Å². The first-order chi connectivity index (χ1) is 9.06. The van der Waals surface area contributed by atoms with Crippen LogP contribution in [0.25, 0.3) is 11.0 Å². The number of hydrogen-bond donors (Lipinski definition) is 0. The Morgan fingerprint density at radius 1 is 1.26 bits per heavy atom. The van der Waals surface area contributed by atoms with Crippen molar-refractivity contribution in [1.29, 1.82) is 0 Å². The normalized spacial score (nSPS) is 10.6. The lowest BCUT2D eigenvalue weighted by molar-refractivity contribution is -0.387. The minimum Gasteiger partial charge on any atom is -0.418 e. The number of anilines is 1. The second-order valence-corrected chi connectivity index (χ2v) is 4.07. The van der Waals surface area contributed by atoms with Crippen molar-refractivity contribution in [2.24, 2.45) is 0 Å². The van der Waals surface area contributed by atoms with Crippen molar-refractivity contribution in [3.8, 4) is 0 Å². The van der Waals surface area contributed by atoms with Gasteiger partial charge in [-0.2, -0.15) is 0 Å². The first-order valence-corrected chi connectivity index (χ1v) is 6.04. The lowest BCUT2D eigenvalue weighted by atomic mass is 10.2. The summed E-state index contributed by atoms with van der Waals surface area (Å²) in [7, 11) is 0. The quantitative estimate of drug-likeness (QED) is 0.480. The van der Waals surface area contributed by atoms with Crippen LogP contribution in [0.3, 0.4) is 0 Å². The Labute approximate surface area is 109 Å². The summed E-state index contributed by atoms with van der Waals surface area (Å²) < 4.78 is 5.01. The molecule has 0 radical (unpaired) electrons. The molecule has 100 valence electrons. The Morgan fingerprint density at radius 2 is 1.95 bits per heavy atom. The van der Waals surface area contributed by atoms with E-state index in [9.17, 15) is 14.9 Å². The predicted octanol–water partition coefficient (Wildman–Crippen LogP) is 2.55. The highest BCUT2D eigenvalue weighted by molar-refractivity contribution is 5.82. The van der Waals surface area contributed by atoms with Crippen molar-refractivity contribution in [3.63, 3.8) is 0 Å². The van der Waals surface area contributed by atoms with E-state index in [4.69, 9.17) is 4.42 Å². The number of nitro groups is 1. The molecule has 0 amide bonds. The Kier molecular flexibility index (Phi) is 3.50. The highest BCUT2D eigenvalue weighted by atomic mass is 16.6. The molecule has 1 heterocycles. The van der Waals surface area contributed by atoms with Gasteiger partial charge < -0.3 is 9.32 Å². The zero-order valence-corrected chi connectivity index (χ0v) is 10.8. The fourth-order valence-electron chi connectivity index (χ4n) is 2.00. The van der Waals surface area contributed by atoms with Crippen molar-refractivity contribution < 1.29 is 9.34 Å². The van der Waals surface area contributed by atoms with Gasteiger partial charge in [0.1, 0.15) is 5.58 Å². The van der Waals surface area contributed by atoms with Crippen LogP contribution in [0.2, 0.25) is 0 Å². The third-order valence-electron chi connectivity index (χ3n) is 3.03. The molecule has 0 saturated carbocycles. The monoisotopic (exact) mass is 262 g/mol. The Balaban J connectivity index is 2.59. The molecule has 1 aromatic carbocycles. The molecule has 0 N–H and O–H groups in total. The first-order valence-electron chi connectivity index (χ1n) is 6.04. The van der Waals surface area contributed by atoms with Crippen LogP contribution in [0.1, 0.15) is 13.8 Å². The Morgan fingerprint density at radius 3 is 2.53 bits per heavy atom. The van der Waals surface area contributed by atoms with Crippen LogP contribution in [0.4, 0.5) is 11.4 Å². The summed E-state index contributed by atoms with van der Waals surface area (Å²) in [6, 6.07) is 6.55. The van der Waals surface area contributed by atoms with Gasteiger partial charge in [-0.05, 0) is 26.0 Å². The van der Waals surface area contributed by atoms with E-state index >= 15 is 0 Å². The third-order valence-corrected chi connectivity index (χ3v) is 3.03. The summed E-state index contributed by atoms with van der Waals surface area (Å²) in [5, 5.41) is 11.2. The molecule has 0 spiro atoms. The van der Waals surface area contributed by atoms with E-state index in [0.29, 0.717) is 11.0 Å². The van der Waals surface area contributed by atoms with E-state index in [2.05, 4.69) is 4.90 Å². The maximum Gasteiger partial charge on any atom is 0.415 e. The van der Waals surface area contributed by atoms with Crippen molar-refractivity contribution in [2.75, 3.05) is 18.0 Å². The van der Waals surface area contributed by atoms with Crippen molar-refractivity contribution in [1.82, 2.24) is 0 Å². The summed E-state index contributed by atoms with van der Waals surface area (Å²) in [6.07, 6.45) is 0. The molecule has 0 unspecified atom stereocenters. The molecule has 0 aliphatic carbocycles. The molecule has 6 heteroatoms. The van der Waals surface area contributed by atoms with Crippen LogP contribution in [0, 0.1) is 10.1 Å². The van der Waals surface area contributed by atoms with Crippen molar-refractivity contribution in [3.05, 3.63) is 44.8 Å². The fourth-order valence-corrected chi connectivity index (χ4v) is 2.00. The van der Waals surface area contributed by atoms with Crippen LogP contribution in [-0.4, -0.2) is 18.0 Å². The zero-order chi connectivity index (χ0) is 14.0. The summed E-state index contributed by atoms with van der Waals surface area (Å²) in [6.45, 7) is 5.72. The van der Waals surface area contributed by atoms with Gasteiger partial charge in [0, 0.05) is 36.3 Å². The number of rotatable bonds is 4. The zero-order valence-electron chi connectivity index (χ0n) is 10.8.